The topological polar surface area (TPSA) is 56.3 Å². The van der Waals surface area contributed by atoms with E-state index in [2.05, 4.69) is 20.0 Å². The van der Waals surface area contributed by atoms with Crippen LogP contribution in [0.2, 0.25) is 10.0 Å². The summed E-state index contributed by atoms with van der Waals surface area (Å²) < 4.78 is 0. The Kier molecular flexibility index (Phi) is 10.9. The van der Waals surface area contributed by atoms with Crippen LogP contribution < -0.4 is 0 Å². The fourth-order valence-electron chi connectivity index (χ4n) is 2.53. The molecule has 0 amide bonds. The molecule has 0 aliphatic rings. The summed E-state index contributed by atoms with van der Waals surface area (Å²) in [5, 5.41) is 1.51. The summed E-state index contributed by atoms with van der Waals surface area (Å²) >= 11 is 11.6. The van der Waals surface area contributed by atoms with E-state index in [0.29, 0.717) is 13.1 Å². The Balaban J connectivity index is 0.000000213. The minimum absolute atomic E-state index is 0. The summed E-state index contributed by atoms with van der Waals surface area (Å²) in [6.07, 6.45) is 7.41. The number of hydrogen-bond acceptors (Lipinski definition) is 2. The van der Waals surface area contributed by atoms with Gasteiger partial charge in [0.2, 0.25) is 0 Å². The maximum atomic E-state index is 5.78. The fraction of sp³-hybridized carbons (Fsp3) is 0.0833. The van der Waals surface area contributed by atoms with Crippen LogP contribution in [0.25, 0.3) is 0 Å². The molecule has 0 fully saturated rings. The van der Waals surface area contributed by atoms with Crippen LogP contribution >= 0.6 is 23.2 Å². The van der Waals surface area contributed by atoms with Crippen LogP contribution in [0.5, 0.6) is 0 Å². The van der Waals surface area contributed by atoms with Crippen molar-refractivity contribution in [1.82, 2.24) is 9.97 Å². The molecule has 31 heavy (non-hydrogen) atoms. The Hall–Kier alpha value is -2.56. The van der Waals surface area contributed by atoms with Crippen LogP contribution in [-0.2, 0) is 30.2 Å². The molecule has 0 bridgehead atoms. The van der Waals surface area contributed by atoms with Gasteiger partial charge in [-0.15, -0.1) is 0 Å². The van der Waals surface area contributed by atoms with Gasteiger partial charge in [0.15, 0.2) is 0 Å². The van der Waals surface area contributed by atoms with Gasteiger partial charge in [0.1, 0.15) is 0 Å². The Morgan fingerprint density at radius 3 is 1.32 bits per heavy atom. The summed E-state index contributed by atoms with van der Waals surface area (Å²) in [4.78, 5) is 14.8. The first-order valence-electron chi connectivity index (χ1n) is 9.44. The number of H-pyrrole nitrogens is 2. The average molecular weight is 501 g/mol. The number of hydrogen-bond donors (Lipinski definition) is 2. The smallest absolute Gasteiger partial charge is 0.0640 e. The molecular formula is C24H22Cl2CuN4. The quantitative estimate of drug-likeness (QED) is 0.222. The summed E-state index contributed by atoms with van der Waals surface area (Å²) in [6.45, 7) is 1.35. The van der Waals surface area contributed by atoms with Gasteiger partial charge in [-0.2, -0.15) is 0 Å². The van der Waals surface area contributed by atoms with Crippen LogP contribution in [0.4, 0.5) is 0 Å². The molecule has 0 unspecified atom stereocenters. The molecule has 0 aliphatic heterocycles. The maximum Gasteiger partial charge on any atom is 0.0640 e. The van der Waals surface area contributed by atoms with Gasteiger partial charge >= 0.3 is 0 Å². The van der Waals surface area contributed by atoms with Crippen molar-refractivity contribution in [1.29, 1.82) is 0 Å². The summed E-state index contributed by atoms with van der Waals surface area (Å²) in [7, 11) is 0. The van der Waals surface area contributed by atoms with E-state index in [0.717, 1.165) is 32.6 Å². The zero-order chi connectivity index (χ0) is 21.0. The second-order valence-corrected chi connectivity index (χ2v) is 7.32. The van der Waals surface area contributed by atoms with Gasteiger partial charge in [-0.05, 0) is 59.7 Å². The van der Waals surface area contributed by atoms with E-state index in [1.165, 1.54) is 0 Å². The summed E-state index contributed by atoms with van der Waals surface area (Å²) in [5.74, 6) is 0. The molecule has 0 spiro atoms. The fourth-order valence-corrected chi connectivity index (χ4v) is 2.78. The van der Waals surface area contributed by atoms with Crippen molar-refractivity contribution in [2.24, 2.45) is 9.98 Å². The molecule has 4 aromatic rings. The Morgan fingerprint density at radius 2 is 1.00 bits per heavy atom. The Bertz CT molecular complexity index is 952. The number of aromatic amines is 2. The van der Waals surface area contributed by atoms with E-state index in [9.17, 15) is 0 Å². The second kappa shape index (κ2) is 13.7. The predicted molar refractivity (Wildman–Crippen MR) is 127 cm³/mol. The van der Waals surface area contributed by atoms with Gasteiger partial charge in [0.25, 0.3) is 0 Å². The number of aromatic nitrogens is 2. The van der Waals surface area contributed by atoms with Crippen molar-refractivity contribution < 1.29 is 17.1 Å². The minimum atomic E-state index is 0. The number of nitrogens with zero attached hydrogens (tertiary/aromatic N) is 2. The van der Waals surface area contributed by atoms with E-state index >= 15 is 0 Å². The van der Waals surface area contributed by atoms with Gasteiger partial charge in [-0.1, -0.05) is 47.5 Å². The molecule has 2 aromatic carbocycles. The Morgan fingerprint density at radius 1 is 0.613 bits per heavy atom. The van der Waals surface area contributed by atoms with Crippen LogP contribution in [0.3, 0.4) is 0 Å². The molecule has 1 radical (unpaired) electrons. The van der Waals surface area contributed by atoms with Crippen molar-refractivity contribution in [3.05, 3.63) is 118 Å². The van der Waals surface area contributed by atoms with Crippen molar-refractivity contribution in [2.75, 3.05) is 0 Å². The third-order valence-corrected chi connectivity index (χ3v) is 4.58. The third kappa shape index (κ3) is 9.41. The third-order valence-electron chi connectivity index (χ3n) is 4.08. The molecule has 2 N–H and O–H groups in total. The van der Waals surface area contributed by atoms with Crippen molar-refractivity contribution in [2.45, 2.75) is 13.1 Å². The van der Waals surface area contributed by atoms with Gasteiger partial charge in [0.05, 0.1) is 24.5 Å². The standard InChI is InChI=1S/2C12H11ClN2.Cu/c2*13-11-5-3-10(4-6-11)8-14-9-12-2-1-7-15-12;/h2*1-7,9,15H,8H2;. The molecule has 4 rings (SSSR count). The molecule has 163 valence electrons. The molecule has 0 saturated carbocycles. The van der Waals surface area contributed by atoms with E-state index in [1.807, 2.05) is 97.6 Å². The monoisotopic (exact) mass is 499 g/mol. The van der Waals surface area contributed by atoms with E-state index in [1.54, 1.807) is 0 Å². The van der Waals surface area contributed by atoms with Crippen LogP contribution in [0.1, 0.15) is 22.5 Å². The number of aliphatic imine (C=N–C) groups is 2. The zero-order valence-electron chi connectivity index (χ0n) is 16.6. The first-order chi connectivity index (χ1) is 14.7. The van der Waals surface area contributed by atoms with Gasteiger partial charge < -0.3 is 9.97 Å². The molecule has 0 atom stereocenters. The van der Waals surface area contributed by atoms with Crippen LogP contribution in [0, 0.1) is 0 Å². The second-order valence-electron chi connectivity index (χ2n) is 6.44. The minimum Gasteiger partial charge on any atom is -0.360 e. The van der Waals surface area contributed by atoms with Gasteiger partial charge in [0, 0.05) is 51.9 Å². The number of halogens is 2. The number of nitrogens with one attached hydrogen (secondary N) is 2. The number of benzene rings is 2. The molecule has 2 aromatic heterocycles. The molecule has 2 heterocycles. The molecule has 0 aliphatic carbocycles. The van der Waals surface area contributed by atoms with E-state index in [4.69, 9.17) is 23.2 Å². The van der Waals surface area contributed by atoms with Crippen molar-refractivity contribution in [3.63, 3.8) is 0 Å². The molecule has 0 saturated heterocycles. The first-order valence-corrected chi connectivity index (χ1v) is 10.2. The molecule has 4 nitrogen and oxygen atoms in total. The number of rotatable bonds is 6. The maximum absolute atomic E-state index is 5.78. The SMILES string of the molecule is Clc1ccc(CN=Cc2ccc[nH]2)cc1.Clc1ccc(CN=Cc2ccc[nH]2)cc1.[Cu]. The van der Waals surface area contributed by atoms with Crippen LogP contribution in [0.15, 0.2) is 95.2 Å². The van der Waals surface area contributed by atoms with Crippen molar-refractivity contribution >= 4 is 35.6 Å². The first kappa shape index (κ1) is 24.7. The van der Waals surface area contributed by atoms with Gasteiger partial charge in [-0.25, -0.2) is 0 Å². The summed E-state index contributed by atoms with van der Waals surface area (Å²) in [6, 6.07) is 23.3. The average Bonchev–Trinajstić information content (AvgIpc) is 3.46. The normalized spacial score (nSPS) is 10.6. The largest absolute Gasteiger partial charge is 0.360 e. The molecular weight excluding hydrogens is 479 g/mol. The van der Waals surface area contributed by atoms with E-state index < -0.39 is 0 Å². The van der Waals surface area contributed by atoms with Gasteiger partial charge in [-0.3, -0.25) is 9.98 Å². The van der Waals surface area contributed by atoms with E-state index in [-0.39, 0.29) is 17.1 Å². The van der Waals surface area contributed by atoms with Crippen molar-refractivity contribution in [3.8, 4) is 0 Å². The Labute approximate surface area is 202 Å². The zero-order valence-corrected chi connectivity index (χ0v) is 19.1. The predicted octanol–water partition coefficient (Wildman–Crippen LogP) is 6.57. The van der Waals surface area contributed by atoms with Crippen LogP contribution in [-0.4, -0.2) is 22.4 Å². The molecule has 7 heteroatoms. The summed E-state index contributed by atoms with van der Waals surface area (Å²) in [5.41, 5.74) is 4.34.